The molecular formula is C16H22Cl2O. The molecule has 0 radical (unpaired) electrons. The zero-order valence-electron chi connectivity index (χ0n) is 12.3. The van der Waals surface area contributed by atoms with Crippen molar-refractivity contribution in [1.82, 2.24) is 0 Å². The van der Waals surface area contributed by atoms with E-state index >= 15 is 0 Å². The maximum absolute atomic E-state index is 5.95. The van der Waals surface area contributed by atoms with E-state index in [1.165, 1.54) is 5.54 Å². The molecule has 0 aliphatic rings. The van der Waals surface area contributed by atoms with Crippen molar-refractivity contribution in [2.45, 2.75) is 41.0 Å². The lowest BCUT2D eigenvalue weighted by atomic mass is 9.75. The lowest BCUT2D eigenvalue weighted by molar-refractivity contribution is 0.189. The number of allylic oxidation sites excluding steroid dienone is 1. The van der Waals surface area contributed by atoms with Crippen molar-refractivity contribution in [3.8, 4) is 5.75 Å². The predicted octanol–water partition coefficient (Wildman–Crippen LogP) is 6.26. The van der Waals surface area contributed by atoms with Crippen molar-refractivity contribution in [1.29, 1.82) is 0 Å². The second-order valence-corrected chi connectivity index (χ2v) is 7.31. The van der Waals surface area contributed by atoms with Gasteiger partial charge in [-0.05, 0) is 36.1 Å². The fourth-order valence-corrected chi connectivity index (χ4v) is 2.82. The van der Waals surface area contributed by atoms with Crippen LogP contribution in [0.5, 0.6) is 5.75 Å². The van der Waals surface area contributed by atoms with Gasteiger partial charge in [-0.25, -0.2) is 0 Å². The van der Waals surface area contributed by atoms with Crippen LogP contribution in [-0.4, -0.2) is 0 Å². The van der Waals surface area contributed by atoms with Crippen molar-refractivity contribution in [3.63, 3.8) is 0 Å². The van der Waals surface area contributed by atoms with E-state index in [4.69, 9.17) is 27.9 Å². The predicted molar refractivity (Wildman–Crippen MR) is 83.9 cm³/mol. The first-order valence-electron chi connectivity index (χ1n) is 6.38. The summed E-state index contributed by atoms with van der Waals surface area (Å²) in [5, 5.41) is 0.692. The minimum atomic E-state index is -0.125. The molecule has 1 aromatic carbocycles. The van der Waals surface area contributed by atoms with Gasteiger partial charge in [0.15, 0.2) is 0 Å². The zero-order valence-corrected chi connectivity index (χ0v) is 13.8. The Kier molecular flexibility index (Phi) is 5.34. The number of benzene rings is 1. The number of hydrogen-bond acceptors (Lipinski definition) is 1. The summed E-state index contributed by atoms with van der Waals surface area (Å²) in [5.74, 6) is 1.52. The summed E-state index contributed by atoms with van der Waals surface area (Å²) < 4.78 is 5.90. The largest absolute Gasteiger partial charge is 0.460 e. The van der Waals surface area contributed by atoms with E-state index in [-0.39, 0.29) is 10.8 Å². The Morgan fingerprint density at radius 3 is 2.05 bits per heavy atom. The Labute approximate surface area is 126 Å². The molecule has 1 rings (SSSR count). The van der Waals surface area contributed by atoms with Gasteiger partial charge in [0.05, 0.1) is 0 Å². The average molecular weight is 301 g/mol. The molecule has 0 fully saturated rings. The highest BCUT2D eigenvalue weighted by Gasteiger charge is 2.31. The van der Waals surface area contributed by atoms with E-state index in [9.17, 15) is 0 Å². The first-order valence-corrected chi connectivity index (χ1v) is 7.20. The monoisotopic (exact) mass is 300 g/mol. The van der Waals surface area contributed by atoms with Crippen LogP contribution < -0.4 is 4.74 Å². The van der Waals surface area contributed by atoms with Crippen LogP contribution >= 0.6 is 23.2 Å². The molecule has 1 aromatic rings. The summed E-state index contributed by atoms with van der Waals surface area (Å²) in [6.45, 7) is 10.9. The summed E-state index contributed by atoms with van der Waals surface area (Å²) in [5.41, 5.74) is 1.61. The molecule has 3 heteroatoms. The van der Waals surface area contributed by atoms with Gasteiger partial charge in [0, 0.05) is 16.0 Å². The molecule has 106 valence electrons. The smallest absolute Gasteiger partial charge is 0.127 e. The van der Waals surface area contributed by atoms with Crippen LogP contribution in [0.25, 0.3) is 0 Å². The van der Waals surface area contributed by atoms with Crippen LogP contribution in [0.2, 0.25) is 5.02 Å². The van der Waals surface area contributed by atoms with Gasteiger partial charge in [0.2, 0.25) is 0 Å². The minimum Gasteiger partial charge on any atom is -0.460 e. The molecule has 1 nitrogen and oxygen atoms in total. The number of ether oxygens (including phenoxy) is 1. The molecule has 0 saturated heterocycles. The Hall–Kier alpha value is -0.660. The second kappa shape index (κ2) is 6.19. The van der Waals surface area contributed by atoms with Gasteiger partial charge < -0.3 is 4.74 Å². The Morgan fingerprint density at radius 2 is 1.63 bits per heavy atom. The SMILES string of the molecule is CC(C)(C)CC(C)(C)/C(=C/Cl)Oc1ccc(Cl)cc1. The molecule has 0 atom stereocenters. The molecule has 0 aliphatic carbocycles. The number of hydrogen-bond donors (Lipinski definition) is 0. The van der Waals surface area contributed by atoms with E-state index in [1.807, 2.05) is 12.1 Å². The van der Waals surface area contributed by atoms with Crippen LogP contribution in [0.4, 0.5) is 0 Å². The highest BCUT2D eigenvalue weighted by atomic mass is 35.5. The average Bonchev–Trinajstić information content (AvgIpc) is 2.24. The molecule has 0 saturated carbocycles. The number of halogens is 2. The third-order valence-corrected chi connectivity index (χ3v) is 3.23. The first kappa shape index (κ1) is 16.4. The van der Waals surface area contributed by atoms with Gasteiger partial charge in [-0.3, -0.25) is 0 Å². The molecule has 0 heterocycles. The summed E-state index contributed by atoms with van der Waals surface area (Å²) in [6.07, 6.45) is 0.978. The summed E-state index contributed by atoms with van der Waals surface area (Å²) >= 11 is 11.8. The van der Waals surface area contributed by atoms with Crippen molar-refractivity contribution in [2.24, 2.45) is 10.8 Å². The molecule has 0 unspecified atom stereocenters. The fraction of sp³-hybridized carbons (Fsp3) is 0.500. The van der Waals surface area contributed by atoms with Crippen molar-refractivity contribution in [2.75, 3.05) is 0 Å². The highest BCUT2D eigenvalue weighted by Crippen LogP contribution is 2.40. The van der Waals surface area contributed by atoms with Gasteiger partial charge in [-0.1, -0.05) is 57.8 Å². The van der Waals surface area contributed by atoms with Crippen molar-refractivity contribution in [3.05, 3.63) is 40.6 Å². The Morgan fingerprint density at radius 1 is 1.11 bits per heavy atom. The second-order valence-electron chi connectivity index (χ2n) is 6.65. The van der Waals surface area contributed by atoms with E-state index in [0.29, 0.717) is 5.02 Å². The normalized spacial score (nSPS) is 13.5. The Balaban J connectivity index is 2.87. The summed E-state index contributed by atoms with van der Waals surface area (Å²) in [7, 11) is 0. The maximum Gasteiger partial charge on any atom is 0.127 e. The van der Waals surface area contributed by atoms with Gasteiger partial charge in [0.25, 0.3) is 0 Å². The number of rotatable bonds is 4. The molecule has 0 aliphatic heterocycles. The molecule has 0 aromatic heterocycles. The van der Waals surface area contributed by atoms with Gasteiger partial charge >= 0.3 is 0 Å². The van der Waals surface area contributed by atoms with Crippen LogP contribution in [0.15, 0.2) is 35.6 Å². The molecule has 0 amide bonds. The first-order chi connectivity index (χ1) is 8.64. The summed E-state index contributed by atoms with van der Waals surface area (Å²) in [4.78, 5) is 0. The maximum atomic E-state index is 5.95. The van der Waals surface area contributed by atoms with Gasteiger partial charge in [-0.2, -0.15) is 0 Å². The third-order valence-electron chi connectivity index (χ3n) is 2.78. The van der Waals surface area contributed by atoms with E-state index in [2.05, 4.69) is 34.6 Å². The van der Waals surface area contributed by atoms with E-state index in [0.717, 1.165) is 17.9 Å². The van der Waals surface area contributed by atoms with E-state index < -0.39 is 0 Å². The lowest BCUT2D eigenvalue weighted by Gasteiger charge is -2.33. The van der Waals surface area contributed by atoms with Crippen LogP contribution in [-0.2, 0) is 0 Å². The minimum absolute atomic E-state index is 0.125. The zero-order chi connectivity index (χ0) is 14.7. The quantitative estimate of drug-likeness (QED) is 0.596. The molecule has 0 N–H and O–H groups in total. The van der Waals surface area contributed by atoms with Crippen LogP contribution in [0, 0.1) is 10.8 Å². The van der Waals surface area contributed by atoms with Crippen molar-refractivity contribution >= 4 is 23.2 Å². The molecule has 0 bridgehead atoms. The molecule has 19 heavy (non-hydrogen) atoms. The molecule has 0 spiro atoms. The fourth-order valence-electron chi connectivity index (χ4n) is 2.35. The van der Waals surface area contributed by atoms with Crippen molar-refractivity contribution < 1.29 is 4.74 Å². The topological polar surface area (TPSA) is 9.23 Å². The summed E-state index contributed by atoms with van der Waals surface area (Å²) in [6, 6.07) is 7.30. The highest BCUT2D eigenvalue weighted by molar-refractivity contribution is 6.30. The standard InChI is InChI=1S/C16H22Cl2O/c1-15(2,3)11-16(4,5)14(10-17)19-13-8-6-12(18)7-9-13/h6-10H,11H2,1-5H3/b14-10-. The molecular weight excluding hydrogens is 279 g/mol. The van der Waals surface area contributed by atoms with Gasteiger partial charge in [0.1, 0.15) is 11.5 Å². The van der Waals surface area contributed by atoms with Crippen LogP contribution in [0.3, 0.4) is 0 Å². The van der Waals surface area contributed by atoms with Gasteiger partial charge in [-0.15, -0.1) is 0 Å². The third kappa shape index (κ3) is 5.46. The Bertz CT molecular complexity index is 439. The van der Waals surface area contributed by atoms with E-state index in [1.54, 1.807) is 12.1 Å². The van der Waals surface area contributed by atoms with Crippen LogP contribution in [0.1, 0.15) is 41.0 Å². The lowest BCUT2D eigenvalue weighted by Crippen LogP contribution is -2.25.